The zero-order valence-corrected chi connectivity index (χ0v) is 13.4. The van der Waals surface area contributed by atoms with Gasteiger partial charge in [-0.25, -0.2) is 4.39 Å². The zero-order chi connectivity index (χ0) is 15.8. The third-order valence-corrected chi connectivity index (χ3v) is 3.40. The summed E-state index contributed by atoms with van der Waals surface area (Å²) in [5, 5.41) is 2.45. The molecule has 0 heterocycles. The Bertz CT molecular complexity index is 635. The summed E-state index contributed by atoms with van der Waals surface area (Å²) in [5.41, 5.74) is 2.32. The van der Waals surface area contributed by atoms with E-state index in [2.05, 4.69) is 17.2 Å². The van der Waals surface area contributed by atoms with Gasteiger partial charge in [-0.1, -0.05) is 37.6 Å². The van der Waals surface area contributed by atoms with Crippen molar-refractivity contribution in [3.63, 3.8) is 0 Å². The summed E-state index contributed by atoms with van der Waals surface area (Å²) in [6, 6.07) is 4.72. The third-order valence-electron chi connectivity index (χ3n) is 3.26. The number of ketones is 1. The number of benzene rings is 1. The van der Waals surface area contributed by atoms with Crippen LogP contribution in [0.4, 0.5) is 4.39 Å². The number of hydrogen-bond acceptors (Lipinski definition) is 2. The summed E-state index contributed by atoms with van der Waals surface area (Å²) in [5.74, 6) is -0.807. The Hall–Kier alpha value is -1.83. The molecule has 0 amide bonds. The Kier molecular flexibility index (Phi) is 6.93. The molecule has 0 aliphatic rings. The van der Waals surface area contributed by atoms with Gasteiger partial charge in [0, 0.05) is 5.57 Å². The fourth-order valence-corrected chi connectivity index (χ4v) is 2.01. The molecule has 0 N–H and O–H groups in total. The Morgan fingerprint density at radius 2 is 2.10 bits per heavy atom. The number of halogens is 1. The molecule has 21 heavy (non-hydrogen) atoms. The van der Waals surface area contributed by atoms with Crippen molar-refractivity contribution in [1.82, 2.24) is 0 Å². The predicted molar refractivity (Wildman–Crippen MR) is 89.4 cm³/mol. The second kappa shape index (κ2) is 8.46. The molecular formula is C18H19FOS. The van der Waals surface area contributed by atoms with Crippen LogP contribution in [-0.2, 0) is 6.42 Å². The number of thiocarbonyl (C=S) groups is 1. The van der Waals surface area contributed by atoms with Crippen molar-refractivity contribution in [2.24, 2.45) is 0 Å². The average molecular weight is 302 g/mol. The lowest BCUT2D eigenvalue weighted by molar-refractivity contribution is 0.103. The molecule has 3 heteroatoms. The summed E-state index contributed by atoms with van der Waals surface area (Å²) in [6.45, 7) is 5.84. The quantitative estimate of drug-likeness (QED) is 0.318. The SMILES string of the molecule is CC/C(C)=C/C(=C\C=C=S)C(=O)c1c(F)cccc1CC. The molecule has 0 atom stereocenters. The third kappa shape index (κ3) is 4.59. The molecular weight excluding hydrogens is 283 g/mol. The van der Waals surface area contributed by atoms with Crippen LogP contribution in [0.15, 0.2) is 47.6 Å². The van der Waals surface area contributed by atoms with Gasteiger partial charge in [0.2, 0.25) is 0 Å². The van der Waals surface area contributed by atoms with E-state index >= 15 is 0 Å². The highest BCUT2D eigenvalue weighted by Crippen LogP contribution is 2.20. The topological polar surface area (TPSA) is 17.1 Å². The molecule has 0 aliphatic carbocycles. The standard InChI is InChI=1S/C18H19FOS/c1-4-13(3)12-15(9-7-11-21)18(20)17-14(5-2)8-6-10-16(17)19/h6-10,12H,4-5H2,1-3H3/b13-12+,15-9+. The van der Waals surface area contributed by atoms with Gasteiger partial charge in [-0.05, 0) is 60.8 Å². The predicted octanol–water partition coefficient (Wildman–Crippen LogP) is 5.01. The Morgan fingerprint density at radius 1 is 1.38 bits per heavy atom. The van der Waals surface area contributed by atoms with Crippen molar-refractivity contribution in [2.45, 2.75) is 33.6 Å². The lowest BCUT2D eigenvalue weighted by Crippen LogP contribution is -2.09. The van der Waals surface area contributed by atoms with Gasteiger partial charge in [0.15, 0.2) is 5.78 Å². The normalized spacial score (nSPS) is 12.0. The summed E-state index contributed by atoms with van der Waals surface area (Å²) < 4.78 is 14.1. The van der Waals surface area contributed by atoms with Gasteiger partial charge in [0.05, 0.1) is 5.56 Å². The van der Waals surface area contributed by atoms with Gasteiger partial charge in [-0.2, -0.15) is 0 Å². The summed E-state index contributed by atoms with van der Waals surface area (Å²) in [7, 11) is 0. The van der Waals surface area contributed by atoms with Crippen LogP contribution in [0.25, 0.3) is 0 Å². The van der Waals surface area contributed by atoms with E-state index in [4.69, 9.17) is 0 Å². The molecule has 1 aromatic carbocycles. The maximum Gasteiger partial charge on any atom is 0.196 e. The smallest absolute Gasteiger partial charge is 0.196 e. The van der Waals surface area contributed by atoms with Crippen LogP contribution in [0.3, 0.4) is 0 Å². The van der Waals surface area contributed by atoms with Crippen molar-refractivity contribution < 1.29 is 9.18 Å². The number of carbonyl (C=O) groups excluding carboxylic acids is 1. The lowest BCUT2D eigenvalue weighted by Gasteiger charge is -2.09. The van der Waals surface area contributed by atoms with E-state index in [1.54, 1.807) is 24.3 Å². The number of allylic oxidation sites excluding steroid dienone is 5. The first kappa shape index (κ1) is 17.2. The maximum absolute atomic E-state index is 14.1. The van der Waals surface area contributed by atoms with E-state index in [-0.39, 0.29) is 11.3 Å². The van der Waals surface area contributed by atoms with E-state index in [0.717, 1.165) is 12.0 Å². The van der Waals surface area contributed by atoms with Crippen LogP contribution in [0.2, 0.25) is 0 Å². The van der Waals surface area contributed by atoms with E-state index < -0.39 is 5.82 Å². The number of aryl methyl sites for hydroxylation is 1. The van der Waals surface area contributed by atoms with Gasteiger partial charge in [-0.15, -0.1) is 0 Å². The molecule has 1 rings (SSSR count). The minimum absolute atomic E-state index is 0.143. The van der Waals surface area contributed by atoms with Crippen molar-refractivity contribution in [3.8, 4) is 0 Å². The second-order valence-corrected chi connectivity index (χ2v) is 4.94. The van der Waals surface area contributed by atoms with Gasteiger partial charge in [-0.3, -0.25) is 4.79 Å². The summed E-state index contributed by atoms with van der Waals surface area (Å²) in [4.78, 5) is 12.7. The van der Waals surface area contributed by atoms with Gasteiger partial charge < -0.3 is 0 Å². The van der Waals surface area contributed by atoms with Crippen LogP contribution in [-0.4, -0.2) is 10.8 Å². The molecule has 0 saturated heterocycles. The number of hydrogen-bond donors (Lipinski definition) is 0. The highest BCUT2D eigenvalue weighted by molar-refractivity contribution is 7.78. The molecule has 1 aromatic rings. The van der Waals surface area contributed by atoms with Gasteiger partial charge in [0.25, 0.3) is 0 Å². The average Bonchev–Trinajstić information content (AvgIpc) is 2.50. The maximum atomic E-state index is 14.1. The molecule has 0 radical (unpaired) electrons. The van der Waals surface area contributed by atoms with E-state index in [1.165, 1.54) is 12.1 Å². The van der Waals surface area contributed by atoms with Crippen molar-refractivity contribution >= 4 is 23.0 Å². The van der Waals surface area contributed by atoms with Crippen LogP contribution in [0, 0.1) is 5.82 Å². The Labute approximate surface area is 130 Å². The molecule has 0 saturated carbocycles. The molecule has 0 aromatic heterocycles. The number of carbonyl (C=O) groups is 1. The Morgan fingerprint density at radius 3 is 2.67 bits per heavy atom. The molecule has 0 bridgehead atoms. The first-order valence-electron chi connectivity index (χ1n) is 6.95. The number of Topliss-reactive ketones (excluding diaryl/α,β-unsaturated/α-hetero) is 1. The van der Waals surface area contributed by atoms with Crippen LogP contribution in [0.1, 0.15) is 43.1 Å². The first-order valence-corrected chi connectivity index (χ1v) is 7.36. The monoisotopic (exact) mass is 302 g/mol. The number of rotatable bonds is 6. The second-order valence-electron chi connectivity index (χ2n) is 4.71. The largest absolute Gasteiger partial charge is 0.288 e. The molecule has 0 spiro atoms. The molecule has 0 fully saturated rings. The molecule has 1 nitrogen and oxygen atoms in total. The minimum atomic E-state index is -0.487. The summed E-state index contributed by atoms with van der Waals surface area (Å²) >= 11 is 4.63. The van der Waals surface area contributed by atoms with Crippen LogP contribution in [0.5, 0.6) is 0 Å². The molecule has 0 unspecified atom stereocenters. The fourth-order valence-electron chi connectivity index (χ4n) is 1.94. The molecule has 110 valence electrons. The van der Waals surface area contributed by atoms with Crippen molar-refractivity contribution in [2.75, 3.05) is 0 Å². The van der Waals surface area contributed by atoms with Crippen molar-refractivity contribution in [1.29, 1.82) is 0 Å². The molecule has 0 aliphatic heterocycles. The minimum Gasteiger partial charge on any atom is -0.288 e. The highest BCUT2D eigenvalue weighted by Gasteiger charge is 2.18. The first-order chi connectivity index (χ1) is 10.0. The summed E-state index contributed by atoms with van der Waals surface area (Å²) in [6.07, 6.45) is 6.28. The van der Waals surface area contributed by atoms with E-state index in [1.807, 2.05) is 20.8 Å². The lowest BCUT2D eigenvalue weighted by atomic mass is 9.94. The van der Waals surface area contributed by atoms with Gasteiger partial charge >= 0.3 is 0 Å². The van der Waals surface area contributed by atoms with E-state index in [9.17, 15) is 9.18 Å². The van der Waals surface area contributed by atoms with Gasteiger partial charge in [0.1, 0.15) is 5.82 Å². The van der Waals surface area contributed by atoms with Crippen LogP contribution < -0.4 is 0 Å². The van der Waals surface area contributed by atoms with Crippen molar-refractivity contribution in [3.05, 3.63) is 64.5 Å². The Balaban J connectivity index is 3.40. The van der Waals surface area contributed by atoms with E-state index in [0.29, 0.717) is 17.6 Å². The zero-order valence-electron chi connectivity index (χ0n) is 12.6. The highest BCUT2D eigenvalue weighted by atomic mass is 32.1. The fraction of sp³-hybridized carbons (Fsp3) is 0.278. The van der Waals surface area contributed by atoms with Crippen LogP contribution >= 0.6 is 12.2 Å².